The van der Waals surface area contributed by atoms with Gasteiger partial charge in [-0.2, -0.15) is 0 Å². The summed E-state index contributed by atoms with van der Waals surface area (Å²) in [6.07, 6.45) is 1.32. The molecular weight excluding hydrogens is 280 g/mol. The molecular formula is C19H23ClO. The van der Waals surface area contributed by atoms with Crippen LogP contribution in [0, 0.1) is 5.92 Å². The number of halogens is 1. The van der Waals surface area contributed by atoms with Crippen LogP contribution in [0.15, 0.2) is 54.6 Å². The Morgan fingerprint density at radius 1 is 1.00 bits per heavy atom. The normalized spacial score (nSPS) is 15.4. The first-order valence-electron chi connectivity index (χ1n) is 7.59. The van der Waals surface area contributed by atoms with Crippen molar-refractivity contribution in [3.8, 4) is 0 Å². The second-order valence-corrected chi connectivity index (χ2v) is 6.16. The van der Waals surface area contributed by atoms with Crippen LogP contribution in [-0.4, -0.2) is 11.2 Å². The average molecular weight is 303 g/mol. The third-order valence-corrected chi connectivity index (χ3v) is 4.47. The fraction of sp³-hybridized carbons (Fsp3) is 0.368. The number of hydrogen-bond acceptors (Lipinski definition) is 1. The fourth-order valence-corrected chi connectivity index (χ4v) is 2.97. The third-order valence-electron chi connectivity index (χ3n) is 4.21. The summed E-state index contributed by atoms with van der Waals surface area (Å²) < 4.78 is 0. The van der Waals surface area contributed by atoms with Gasteiger partial charge in [-0.1, -0.05) is 74.3 Å². The minimum Gasteiger partial charge on any atom is -0.392 e. The van der Waals surface area contributed by atoms with E-state index in [2.05, 4.69) is 26.0 Å². The molecule has 0 heterocycles. The molecule has 1 N–H and O–H groups in total. The summed E-state index contributed by atoms with van der Waals surface area (Å²) in [5, 5.41) is 11.5. The molecule has 0 radical (unpaired) electrons. The summed E-state index contributed by atoms with van der Waals surface area (Å²) in [4.78, 5) is 0. The van der Waals surface area contributed by atoms with Gasteiger partial charge in [-0.15, -0.1) is 0 Å². The predicted octanol–water partition coefficient (Wildman–Crippen LogP) is 5.07. The zero-order chi connectivity index (χ0) is 15.2. The number of rotatable bonds is 6. The molecule has 3 atom stereocenters. The fourth-order valence-electron chi connectivity index (χ4n) is 2.85. The van der Waals surface area contributed by atoms with Crippen molar-refractivity contribution in [1.82, 2.24) is 0 Å². The van der Waals surface area contributed by atoms with Crippen molar-refractivity contribution >= 4 is 11.6 Å². The highest BCUT2D eigenvalue weighted by atomic mass is 35.5. The summed E-state index contributed by atoms with van der Waals surface area (Å²) >= 11 is 5.92. The smallest absolute Gasteiger partial charge is 0.0651 e. The summed E-state index contributed by atoms with van der Waals surface area (Å²) in [6.45, 7) is 4.39. The van der Waals surface area contributed by atoms with Gasteiger partial charge in [-0.25, -0.2) is 0 Å². The van der Waals surface area contributed by atoms with Crippen LogP contribution in [0.4, 0.5) is 0 Å². The lowest BCUT2D eigenvalue weighted by Gasteiger charge is -2.28. The zero-order valence-electron chi connectivity index (χ0n) is 12.7. The molecule has 0 saturated heterocycles. The van der Waals surface area contributed by atoms with E-state index in [0.29, 0.717) is 12.3 Å². The second kappa shape index (κ2) is 7.63. The Kier molecular flexibility index (Phi) is 5.84. The molecule has 21 heavy (non-hydrogen) atoms. The highest BCUT2D eigenvalue weighted by Gasteiger charge is 2.26. The molecule has 1 nitrogen and oxygen atoms in total. The van der Waals surface area contributed by atoms with Gasteiger partial charge in [0.25, 0.3) is 0 Å². The van der Waals surface area contributed by atoms with Crippen molar-refractivity contribution in [2.45, 2.75) is 38.7 Å². The van der Waals surface area contributed by atoms with Gasteiger partial charge in [0.2, 0.25) is 0 Å². The number of aliphatic hydroxyl groups excluding tert-OH is 1. The Labute approximate surface area is 132 Å². The predicted molar refractivity (Wildman–Crippen MR) is 89.8 cm³/mol. The van der Waals surface area contributed by atoms with E-state index < -0.39 is 0 Å². The van der Waals surface area contributed by atoms with Crippen LogP contribution in [0.25, 0.3) is 0 Å². The molecule has 0 aromatic heterocycles. The molecule has 0 bridgehead atoms. The minimum atomic E-state index is -0.386. The monoisotopic (exact) mass is 302 g/mol. The van der Waals surface area contributed by atoms with Crippen molar-refractivity contribution in [1.29, 1.82) is 0 Å². The molecule has 0 spiro atoms. The molecule has 0 amide bonds. The van der Waals surface area contributed by atoms with E-state index in [4.69, 9.17) is 11.6 Å². The topological polar surface area (TPSA) is 20.2 Å². The summed E-state index contributed by atoms with van der Waals surface area (Å²) in [5.74, 6) is 0.599. The molecule has 2 aromatic carbocycles. The van der Waals surface area contributed by atoms with Gasteiger partial charge in [0, 0.05) is 10.9 Å². The second-order valence-electron chi connectivity index (χ2n) is 5.72. The molecule has 2 heteroatoms. The molecule has 0 fully saturated rings. The van der Waals surface area contributed by atoms with E-state index in [0.717, 1.165) is 17.0 Å². The largest absolute Gasteiger partial charge is 0.392 e. The first-order valence-corrected chi connectivity index (χ1v) is 7.97. The standard InChI is InChI=1S/C19H23ClO/c1-3-14(2)19(16-7-5-4-6-8-16)18(21)13-15-9-11-17(20)12-10-15/h4-12,14,18-19,21H,3,13H2,1-2H3. The van der Waals surface area contributed by atoms with Crippen LogP contribution in [0.5, 0.6) is 0 Å². The summed E-state index contributed by atoms with van der Waals surface area (Å²) in [5.41, 5.74) is 2.34. The molecule has 3 unspecified atom stereocenters. The molecule has 2 aromatic rings. The van der Waals surface area contributed by atoms with Gasteiger partial charge in [-0.05, 0) is 35.6 Å². The Balaban J connectivity index is 2.18. The van der Waals surface area contributed by atoms with Crippen LogP contribution < -0.4 is 0 Å². The van der Waals surface area contributed by atoms with E-state index in [1.807, 2.05) is 42.5 Å². The maximum absolute atomic E-state index is 10.8. The van der Waals surface area contributed by atoms with Crippen LogP contribution >= 0.6 is 11.6 Å². The highest BCUT2D eigenvalue weighted by Crippen LogP contribution is 2.31. The first-order chi connectivity index (χ1) is 10.1. The van der Waals surface area contributed by atoms with Crippen LogP contribution in [0.1, 0.15) is 37.3 Å². The van der Waals surface area contributed by atoms with Gasteiger partial charge >= 0.3 is 0 Å². The van der Waals surface area contributed by atoms with E-state index in [9.17, 15) is 5.11 Å². The zero-order valence-corrected chi connectivity index (χ0v) is 13.4. The third kappa shape index (κ3) is 4.33. The van der Waals surface area contributed by atoms with E-state index in [1.54, 1.807) is 0 Å². The molecule has 0 saturated carbocycles. The number of hydrogen-bond donors (Lipinski definition) is 1. The van der Waals surface area contributed by atoms with Gasteiger partial charge in [-0.3, -0.25) is 0 Å². The Morgan fingerprint density at radius 3 is 2.19 bits per heavy atom. The van der Waals surface area contributed by atoms with Crippen molar-refractivity contribution in [2.75, 3.05) is 0 Å². The lowest BCUT2D eigenvalue weighted by Crippen LogP contribution is -2.26. The molecule has 0 aliphatic heterocycles. The van der Waals surface area contributed by atoms with Crippen molar-refractivity contribution < 1.29 is 5.11 Å². The average Bonchev–Trinajstić information content (AvgIpc) is 2.50. The lowest BCUT2D eigenvalue weighted by atomic mass is 9.79. The lowest BCUT2D eigenvalue weighted by molar-refractivity contribution is 0.117. The van der Waals surface area contributed by atoms with E-state index in [1.165, 1.54) is 5.56 Å². The molecule has 0 aliphatic carbocycles. The van der Waals surface area contributed by atoms with Crippen LogP contribution in [0.2, 0.25) is 5.02 Å². The quantitative estimate of drug-likeness (QED) is 0.789. The van der Waals surface area contributed by atoms with Crippen LogP contribution in [-0.2, 0) is 6.42 Å². The SMILES string of the molecule is CCC(C)C(c1ccccc1)C(O)Cc1ccc(Cl)cc1. The highest BCUT2D eigenvalue weighted by molar-refractivity contribution is 6.30. The Hall–Kier alpha value is -1.31. The van der Waals surface area contributed by atoms with Crippen molar-refractivity contribution in [3.05, 3.63) is 70.7 Å². The van der Waals surface area contributed by atoms with Gasteiger partial charge in [0.15, 0.2) is 0 Å². The maximum atomic E-state index is 10.8. The molecule has 2 rings (SSSR count). The van der Waals surface area contributed by atoms with Gasteiger partial charge in [0.05, 0.1) is 6.10 Å². The van der Waals surface area contributed by atoms with E-state index in [-0.39, 0.29) is 12.0 Å². The number of benzene rings is 2. The van der Waals surface area contributed by atoms with E-state index >= 15 is 0 Å². The molecule has 0 aliphatic rings. The summed E-state index contributed by atoms with van der Waals surface area (Å²) in [7, 11) is 0. The number of aliphatic hydroxyl groups is 1. The van der Waals surface area contributed by atoms with Crippen LogP contribution in [0.3, 0.4) is 0 Å². The Bertz CT molecular complexity index is 535. The minimum absolute atomic E-state index is 0.159. The maximum Gasteiger partial charge on any atom is 0.0651 e. The van der Waals surface area contributed by atoms with Gasteiger partial charge < -0.3 is 5.11 Å². The first kappa shape index (κ1) is 16.1. The van der Waals surface area contributed by atoms with Crippen molar-refractivity contribution in [2.24, 2.45) is 5.92 Å². The van der Waals surface area contributed by atoms with Crippen molar-refractivity contribution in [3.63, 3.8) is 0 Å². The molecule has 112 valence electrons. The van der Waals surface area contributed by atoms with Gasteiger partial charge in [0.1, 0.15) is 0 Å². The Morgan fingerprint density at radius 2 is 1.62 bits per heavy atom. The summed E-state index contributed by atoms with van der Waals surface area (Å²) in [6, 6.07) is 18.1.